The second kappa shape index (κ2) is 7.40. The van der Waals surface area contributed by atoms with E-state index in [0.717, 1.165) is 12.1 Å². The quantitative estimate of drug-likeness (QED) is 0.733. The predicted molar refractivity (Wildman–Crippen MR) is 82.5 cm³/mol. The molecule has 1 heterocycles. The normalized spacial score (nSPS) is 10.1. The van der Waals surface area contributed by atoms with Crippen molar-refractivity contribution in [3.8, 4) is 0 Å². The maximum absolute atomic E-state index is 12.8. The van der Waals surface area contributed by atoms with E-state index in [9.17, 15) is 18.8 Å². The van der Waals surface area contributed by atoms with Crippen LogP contribution in [0.25, 0.3) is 0 Å². The molecule has 0 saturated carbocycles. The van der Waals surface area contributed by atoms with Gasteiger partial charge in [0.25, 0.3) is 17.7 Å². The lowest BCUT2D eigenvalue weighted by Crippen LogP contribution is -2.46. The summed E-state index contributed by atoms with van der Waals surface area (Å²) >= 11 is 0. The molecule has 2 rings (SSSR count). The second-order valence-electron chi connectivity index (χ2n) is 5.02. The fraction of sp³-hybridized carbons (Fsp3) is 0.188. The molecular weight excluding hydrogens is 317 g/mol. The maximum Gasteiger partial charge on any atom is 0.273 e. The summed E-state index contributed by atoms with van der Waals surface area (Å²) in [6.07, 6.45) is 0. The Balaban J connectivity index is 1.79. The summed E-state index contributed by atoms with van der Waals surface area (Å²) < 4.78 is 18.0. The standard InChI is InChI=1S/C16H16FN3O4/c1-9-7-13(10(2)24-9)16(23)20-19-14(21)8-18-15(22)11-3-5-12(17)6-4-11/h3-7H,8H2,1-2H3,(H,18,22)(H,19,21)(H,20,23). The van der Waals surface area contributed by atoms with Crippen LogP contribution >= 0.6 is 0 Å². The number of benzene rings is 1. The SMILES string of the molecule is Cc1cc(C(=O)NNC(=O)CNC(=O)c2ccc(F)cc2)c(C)o1. The molecule has 0 bridgehead atoms. The highest BCUT2D eigenvalue weighted by molar-refractivity contribution is 5.98. The van der Waals surface area contributed by atoms with Gasteiger partial charge in [-0.3, -0.25) is 25.2 Å². The van der Waals surface area contributed by atoms with Crippen LogP contribution in [0.5, 0.6) is 0 Å². The lowest BCUT2D eigenvalue weighted by Gasteiger charge is -2.08. The molecule has 0 unspecified atom stereocenters. The van der Waals surface area contributed by atoms with Gasteiger partial charge in [-0.1, -0.05) is 0 Å². The number of carbonyl (C=O) groups excluding carboxylic acids is 3. The van der Waals surface area contributed by atoms with E-state index >= 15 is 0 Å². The first-order valence-corrected chi connectivity index (χ1v) is 7.07. The van der Waals surface area contributed by atoms with Gasteiger partial charge in [0, 0.05) is 5.56 Å². The molecule has 1 aromatic carbocycles. The minimum absolute atomic E-state index is 0.220. The van der Waals surface area contributed by atoms with Crippen molar-refractivity contribution in [2.24, 2.45) is 0 Å². The molecule has 24 heavy (non-hydrogen) atoms. The van der Waals surface area contributed by atoms with E-state index < -0.39 is 23.5 Å². The van der Waals surface area contributed by atoms with Crippen LogP contribution in [0.15, 0.2) is 34.7 Å². The van der Waals surface area contributed by atoms with Gasteiger partial charge in [0.1, 0.15) is 17.3 Å². The van der Waals surface area contributed by atoms with Gasteiger partial charge in [0.05, 0.1) is 12.1 Å². The highest BCUT2D eigenvalue weighted by Crippen LogP contribution is 2.12. The Morgan fingerprint density at radius 2 is 1.71 bits per heavy atom. The van der Waals surface area contributed by atoms with Gasteiger partial charge >= 0.3 is 0 Å². The van der Waals surface area contributed by atoms with Crippen LogP contribution in [0.1, 0.15) is 32.2 Å². The molecule has 0 aliphatic heterocycles. The van der Waals surface area contributed by atoms with Crippen molar-refractivity contribution in [2.45, 2.75) is 13.8 Å². The van der Waals surface area contributed by atoms with Crippen LogP contribution in [0.4, 0.5) is 4.39 Å². The first kappa shape index (κ1) is 17.2. The minimum Gasteiger partial charge on any atom is -0.466 e. The van der Waals surface area contributed by atoms with Gasteiger partial charge in [0.2, 0.25) is 0 Å². The van der Waals surface area contributed by atoms with Gasteiger partial charge < -0.3 is 9.73 Å². The molecule has 126 valence electrons. The van der Waals surface area contributed by atoms with Crippen LogP contribution in [-0.2, 0) is 4.79 Å². The van der Waals surface area contributed by atoms with Crippen molar-refractivity contribution in [3.05, 3.63) is 58.8 Å². The Bertz CT molecular complexity index is 768. The summed E-state index contributed by atoms with van der Waals surface area (Å²) in [4.78, 5) is 35.3. The Morgan fingerprint density at radius 3 is 2.29 bits per heavy atom. The number of hydrogen-bond acceptors (Lipinski definition) is 4. The molecule has 2 aromatic rings. The molecule has 0 spiro atoms. The first-order chi connectivity index (χ1) is 11.4. The van der Waals surface area contributed by atoms with E-state index in [1.165, 1.54) is 12.1 Å². The summed E-state index contributed by atoms with van der Waals surface area (Å²) in [5.74, 6) is -1.12. The first-order valence-electron chi connectivity index (χ1n) is 7.07. The summed E-state index contributed by atoms with van der Waals surface area (Å²) in [6.45, 7) is 2.99. The number of hydrazine groups is 1. The molecule has 7 nitrogen and oxygen atoms in total. The van der Waals surface area contributed by atoms with Crippen molar-refractivity contribution in [1.29, 1.82) is 0 Å². The third kappa shape index (κ3) is 4.42. The van der Waals surface area contributed by atoms with Crippen molar-refractivity contribution in [2.75, 3.05) is 6.54 Å². The molecule has 0 aliphatic rings. The molecule has 0 saturated heterocycles. The molecule has 3 N–H and O–H groups in total. The number of hydrogen-bond donors (Lipinski definition) is 3. The number of rotatable bonds is 4. The van der Waals surface area contributed by atoms with E-state index in [0.29, 0.717) is 17.1 Å². The van der Waals surface area contributed by atoms with Gasteiger partial charge in [0.15, 0.2) is 0 Å². The highest BCUT2D eigenvalue weighted by Gasteiger charge is 2.14. The van der Waals surface area contributed by atoms with Crippen LogP contribution in [0, 0.1) is 19.7 Å². The van der Waals surface area contributed by atoms with Crippen molar-refractivity contribution >= 4 is 17.7 Å². The third-order valence-electron chi connectivity index (χ3n) is 3.12. The van der Waals surface area contributed by atoms with Crippen LogP contribution in [0.3, 0.4) is 0 Å². The minimum atomic E-state index is -0.614. The van der Waals surface area contributed by atoms with E-state index in [1.54, 1.807) is 19.9 Å². The summed E-state index contributed by atoms with van der Waals surface area (Å²) in [5.41, 5.74) is 4.93. The number of furan rings is 1. The number of halogens is 1. The number of carbonyl (C=O) groups is 3. The third-order valence-corrected chi connectivity index (χ3v) is 3.12. The zero-order valence-electron chi connectivity index (χ0n) is 13.1. The lowest BCUT2D eigenvalue weighted by molar-refractivity contribution is -0.120. The molecule has 1 aromatic heterocycles. The molecule has 3 amide bonds. The monoisotopic (exact) mass is 333 g/mol. The average molecular weight is 333 g/mol. The topological polar surface area (TPSA) is 100 Å². The Labute approximate surface area is 137 Å². The zero-order valence-corrected chi connectivity index (χ0v) is 13.1. The molecule has 0 aliphatic carbocycles. The summed E-state index contributed by atoms with van der Waals surface area (Å²) in [7, 11) is 0. The van der Waals surface area contributed by atoms with Gasteiger partial charge in [-0.2, -0.15) is 0 Å². The molecule has 8 heteroatoms. The van der Waals surface area contributed by atoms with Crippen LogP contribution in [-0.4, -0.2) is 24.3 Å². The van der Waals surface area contributed by atoms with Gasteiger partial charge in [-0.05, 0) is 44.2 Å². The zero-order chi connectivity index (χ0) is 17.7. The fourth-order valence-corrected chi connectivity index (χ4v) is 1.96. The Kier molecular flexibility index (Phi) is 5.31. The molecule has 0 atom stereocenters. The number of amides is 3. The largest absolute Gasteiger partial charge is 0.466 e. The Hall–Kier alpha value is -3.16. The number of aryl methyl sites for hydroxylation is 2. The van der Waals surface area contributed by atoms with Crippen LogP contribution in [0.2, 0.25) is 0 Å². The lowest BCUT2D eigenvalue weighted by atomic mass is 10.2. The molecule has 0 radical (unpaired) electrons. The van der Waals surface area contributed by atoms with E-state index in [4.69, 9.17) is 4.42 Å². The van der Waals surface area contributed by atoms with E-state index in [1.807, 2.05) is 0 Å². The fourth-order valence-electron chi connectivity index (χ4n) is 1.96. The number of nitrogens with one attached hydrogen (secondary N) is 3. The van der Waals surface area contributed by atoms with E-state index in [-0.39, 0.29) is 12.1 Å². The maximum atomic E-state index is 12.8. The van der Waals surface area contributed by atoms with E-state index in [2.05, 4.69) is 16.2 Å². The summed E-state index contributed by atoms with van der Waals surface area (Å²) in [6, 6.07) is 6.44. The smallest absolute Gasteiger partial charge is 0.273 e. The van der Waals surface area contributed by atoms with Crippen LogP contribution < -0.4 is 16.2 Å². The molecule has 0 fully saturated rings. The average Bonchev–Trinajstić information content (AvgIpc) is 2.89. The second-order valence-corrected chi connectivity index (χ2v) is 5.02. The predicted octanol–water partition coefficient (Wildman–Crippen LogP) is 1.23. The van der Waals surface area contributed by atoms with Gasteiger partial charge in [-0.25, -0.2) is 4.39 Å². The Morgan fingerprint density at radius 1 is 1.04 bits per heavy atom. The van der Waals surface area contributed by atoms with Crippen molar-refractivity contribution in [3.63, 3.8) is 0 Å². The van der Waals surface area contributed by atoms with Gasteiger partial charge in [-0.15, -0.1) is 0 Å². The molecular formula is C16H16FN3O4. The van der Waals surface area contributed by atoms with Crippen molar-refractivity contribution in [1.82, 2.24) is 16.2 Å². The summed E-state index contributed by atoms with van der Waals surface area (Å²) in [5, 5.41) is 2.35. The highest BCUT2D eigenvalue weighted by atomic mass is 19.1. The van der Waals surface area contributed by atoms with Crippen molar-refractivity contribution < 1.29 is 23.2 Å².